The normalized spacial score (nSPS) is 11.2. The van der Waals surface area contributed by atoms with E-state index in [0.29, 0.717) is 11.2 Å². The van der Waals surface area contributed by atoms with Crippen molar-refractivity contribution >= 4 is 11.8 Å². The average Bonchev–Trinajstić information content (AvgIpc) is 2.03. The topological polar surface area (TPSA) is 0 Å². The molecule has 0 N–H and O–H groups in total. The first-order chi connectivity index (χ1) is 6.09. The maximum atomic E-state index is 3.26. The van der Waals surface area contributed by atoms with E-state index in [0.717, 1.165) is 0 Å². The van der Waals surface area contributed by atoms with E-state index < -0.39 is 0 Å². The van der Waals surface area contributed by atoms with Crippen LogP contribution in [0.3, 0.4) is 0 Å². The standard InChI is InChI=1S/C12H17S/c1-9(2)11-6-5-7-12(8-11)13-10(3)4/h5-6,8-10H,1-4H3. The molecular formula is C12H17S. The maximum absolute atomic E-state index is 3.26. The second-order valence-corrected chi connectivity index (χ2v) is 5.43. The van der Waals surface area contributed by atoms with Crippen molar-refractivity contribution in [2.24, 2.45) is 0 Å². The van der Waals surface area contributed by atoms with Crippen molar-refractivity contribution in [1.29, 1.82) is 0 Å². The monoisotopic (exact) mass is 193 g/mol. The van der Waals surface area contributed by atoms with E-state index in [1.165, 1.54) is 10.5 Å². The molecule has 0 saturated heterocycles. The van der Waals surface area contributed by atoms with Crippen LogP contribution in [0, 0.1) is 6.07 Å². The Morgan fingerprint density at radius 2 is 1.92 bits per heavy atom. The van der Waals surface area contributed by atoms with Crippen molar-refractivity contribution in [3.8, 4) is 0 Å². The Kier molecular flexibility index (Phi) is 3.86. The molecule has 1 aromatic carbocycles. The Hall–Kier alpha value is -0.430. The summed E-state index contributed by atoms with van der Waals surface area (Å²) in [5.41, 5.74) is 1.40. The lowest BCUT2D eigenvalue weighted by Crippen LogP contribution is -1.90. The molecule has 1 aromatic rings. The molecule has 1 heteroatoms. The Morgan fingerprint density at radius 1 is 1.23 bits per heavy atom. The highest BCUT2D eigenvalue weighted by atomic mass is 32.2. The molecule has 0 fully saturated rings. The van der Waals surface area contributed by atoms with Gasteiger partial charge in [0.05, 0.1) is 0 Å². The molecule has 0 amide bonds. The summed E-state index contributed by atoms with van der Waals surface area (Å²) in [6, 6.07) is 9.68. The van der Waals surface area contributed by atoms with Gasteiger partial charge in [-0.15, -0.1) is 11.8 Å². The Bertz CT molecular complexity index is 264. The molecule has 1 rings (SSSR count). The molecule has 71 valence electrons. The summed E-state index contributed by atoms with van der Waals surface area (Å²) in [6.07, 6.45) is 0. The molecule has 0 aliphatic carbocycles. The number of rotatable bonds is 3. The van der Waals surface area contributed by atoms with Crippen molar-refractivity contribution in [2.75, 3.05) is 0 Å². The van der Waals surface area contributed by atoms with E-state index in [-0.39, 0.29) is 0 Å². The van der Waals surface area contributed by atoms with Gasteiger partial charge in [0.1, 0.15) is 0 Å². The molecule has 0 heterocycles. The van der Waals surface area contributed by atoms with Gasteiger partial charge in [-0.05, 0) is 23.6 Å². The summed E-state index contributed by atoms with van der Waals surface area (Å²) in [7, 11) is 0. The second-order valence-electron chi connectivity index (χ2n) is 3.81. The summed E-state index contributed by atoms with van der Waals surface area (Å²) >= 11 is 1.87. The van der Waals surface area contributed by atoms with Crippen LogP contribution in [0.25, 0.3) is 0 Å². The first-order valence-corrected chi connectivity index (χ1v) is 5.66. The third-order valence-corrected chi connectivity index (χ3v) is 2.79. The number of hydrogen-bond acceptors (Lipinski definition) is 1. The maximum Gasteiger partial charge on any atom is 0.0156 e. The van der Waals surface area contributed by atoms with E-state index >= 15 is 0 Å². The minimum atomic E-state index is 0.612. The van der Waals surface area contributed by atoms with Gasteiger partial charge in [-0.25, -0.2) is 0 Å². The van der Waals surface area contributed by atoms with Crippen molar-refractivity contribution in [1.82, 2.24) is 0 Å². The van der Waals surface area contributed by atoms with Gasteiger partial charge in [0.15, 0.2) is 0 Å². The summed E-state index contributed by atoms with van der Waals surface area (Å²) in [5, 5.41) is 0.638. The van der Waals surface area contributed by atoms with Gasteiger partial charge in [0.25, 0.3) is 0 Å². The highest BCUT2D eigenvalue weighted by Crippen LogP contribution is 2.25. The molecular weight excluding hydrogens is 176 g/mol. The van der Waals surface area contributed by atoms with Gasteiger partial charge in [0.2, 0.25) is 0 Å². The predicted molar refractivity (Wildman–Crippen MR) is 60.4 cm³/mol. The zero-order chi connectivity index (χ0) is 9.84. The SMILES string of the molecule is CC(C)Sc1[c]ccc(C(C)C)c1. The van der Waals surface area contributed by atoms with E-state index in [1.54, 1.807) is 0 Å². The molecule has 0 atom stereocenters. The zero-order valence-electron chi connectivity index (χ0n) is 8.79. The fourth-order valence-electron chi connectivity index (χ4n) is 1.14. The predicted octanol–water partition coefficient (Wildman–Crippen LogP) is 4.11. The van der Waals surface area contributed by atoms with Crippen LogP contribution in [0.1, 0.15) is 39.2 Å². The fourth-order valence-corrected chi connectivity index (χ4v) is 1.99. The molecule has 0 bridgehead atoms. The second kappa shape index (κ2) is 4.71. The van der Waals surface area contributed by atoms with Crippen LogP contribution in [0.5, 0.6) is 0 Å². The number of hydrogen-bond donors (Lipinski definition) is 0. The minimum Gasteiger partial charge on any atom is -0.123 e. The summed E-state index contributed by atoms with van der Waals surface area (Å²) < 4.78 is 0. The third kappa shape index (κ3) is 3.43. The highest BCUT2D eigenvalue weighted by Gasteiger charge is 2.02. The van der Waals surface area contributed by atoms with Gasteiger partial charge in [-0.2, -0.15) is 0 Å². The lowest BCUT2D eigenvalue weighted by molar-refractivity contribution is 0.862. The lowest BCUT2D eigenvalue weighted by atomic mass is 10.0. The first kappa shape index (κ1) is 10.6. The molecule has 13 heavy (non-hydrogen) atoms. The summed E-state index contributed by atoms with van der Waals surface area (Å²) in [5.74, 6) is 0.612. The molecule has 0 saturated carbocycles. The van der Waals surface area contributed by atoms with Crippen molar-refractivity contribution in [3.63, 3.8) is 0 Å². The van der Waals surface area contributed by atoms with Crippen LogP contribution in [0.15, 0.2) is 23.1 Å². The van der Waals surface area contributed by atoms with Gasteiger partial charge in [0, 0.05) is 10.1 Å². The van der Waals surface area contributed by atoms with E-state index in [4.69, 9.17) is 0 Å². The molecule has 0 spiro atoms. The molecule has 0 unspecified atom stereocenters. The molecule has 0 aliphatic rings. The molecule has 0 aliphatic heterocycles. The quantitative estimate of drug-likeness (QED) is 0.651. The van der Waals surface area contributed by atoms with E-state index in [9.17, 15) is 0 Å². The van der Waals surface area contributed by atoms with Crippen molar-refractivity contribution in [2.45, 2.75) is 43.8 Å². The van der Waals surface area contributed by atoms with Crippen LogP contribution in [-0.4, -0.2) is 5.25 Å². The molecule has 1 radical (unpaired) electrons. The van der Waals surface area contributed by atoms with Crippen molar-refractivity contribution < 1.29 is 0 Å². The number of benzene rings is 1. The fraction of sp³-hybridized carbons (Fsp3) is 0.500. The molecule has 0 aromatic heterocycles. The van der Waals surface area contributed by atoms with Gasteiger partial charge in [-0.1, -0.05) is 39.8 Å². The van der Waals surface area contributed by atoms with E-state index in [2.05, 4.69) is 45.9 Å². The largest absolute Gasteiger partial charge is 0.123 e. The lowest BCUT2D eigenvalue weighted by Gasteiger charge is -2.08. The van der Waals surface area contributed by atoms with Crippen LogP contribution < -0.4 is 0 Å². The van der Waals surface area contributed by atoms with Gasteiger partial charge in [-0.3, -0.25) is 0 Å². The van der Waals surface area contributed by atoms with Gasteiger partial charge >= 0.3 is 0 Å². The smallest absolute Gasteiger partial charge is 0.0156 e. The third-order valence-electron chi connectivity index (χ3n) is 1.83. The Balaban J connectivity index is 2.79. The summed E-state index contributed by atoms with van der Waals surface area (Å²) in [4.78, 5) is 1.27. The minimum absolute atomic E-state index is 0.612. The zero-order valence-corrected chi connectivity index (χ0v) is 9.61. The highest BCUT2D eigenvalue weighted by molar-refractivity contribution is 7.99. The van der Waals surface area contributed by atoms with Crippen LogP contribution in [0.2, 0.25) is 0 Å². The number of thioether (sulfide) groups is 1. The molecule has 0 nitrogen and oxygen atoms in total. The van der Waals surface area contributed by atoms with E-state index in [1.807, 2.05) is 17.8 Å². The van der Waals surface area contributed by atoms with Gasteiger partial charge < -0.3 is 0 Å². The van der Waals surface area contributed by atoms with Crippen LogP contribution in [0.4, 0.5) is 0 Å². The van der Waals surface area contributed by atoms with Crippen molar-refractivity contribution in [3.05, 3.63) is 29.8 Å². The Labute approximate surface area is 85.7 Å². The Morgan fingerprint density at radius 3 is 2.46 bits per heavy atom. The first-order valence-electron chi connectivity index (χ1n) is 4.78. The average molecular weight is 193 g/mol. The van der Waals surface area contributed by atoms with Crippen LogP contribution >= 0.6 is 11.8 Å². The summed E-state index contributed by atoms with van der Waals surface area (Å²) in [6.45, 7) is 8.86. The van der Waals surface area contributed by atoms with Crippen LogP contribution in [-0.2, 0) is 0 Å².